The number of aromatic carboxylic acids is 1. The summed E-state index contributed by atoms with van der Waals surface area (Å²) in [6, 6.07) is 11.5. The van der Waals surface area contributed by atoms with E-state index in [1.807, 2.05) is 16.7 Å². The molecular formula is C31H27F3N6O3. The SMILES string of the molecule is N#Cc1ccc(CNc2nc(C3=CCN(Cc4nc5ccc(C(=O)O)cc5n4CC4CCO4)CC3)c(F)cc2F)c(F)c1. The number of nitriles is 1. The number of ether oxygens (including phenoxy) is 1. The molecule has 2 N–H and O–H groups in total. The van der Waals surface area contributed by atoms with Gasteiger partial charge in [0.2, 0.25) is 0 Å². The quantitative estimate of drug-likeness (QED) is 0.277. The van der Waals surface area contributed by atoms with Crippen molar-refractivity contribution in [1.82, 2.24) is 19.4 Å². The number of hydrogen-bond donors (Lipinski definition) is 2. The van der Waals surface area contributed by atoms with Crippen LogP contribution < -0.4 is 5.32 Å². The zero-order chi connectivity index (χ0) is 30.1. The highest BCUT2D eigenvalue weighted by atomic mass is 19.1. The van der Waals surface area contributed by atoms with Gasteiger partial charge in [-0.15, -0.1) is 0 Å². The number of carbonyl (C=O) groups is 1. The van der Waals surface area contributed by atoms with Gasteiger partial charge in [0.15, 0.2) is 17.5 Å². The fraction of sp³-hybridized carbons (Fsp3) is 0.290. The maximum Gasteiger partial charge on any atom is 0.335 e. The van der Waals surface area contributed by atoms with Gasteiger partial charge in [0.25, 0.3) is 0 Å². The van der Waals surface area contributed by atoms with Crippen LogP contribution in [0.25, 0.3) is 16.6 Å². The Balaban J connectivity index is 1.18. The Bertz CT molecular complexity index is 1790. The molecule has 6 rings (SSSR count). The topological polar surface area (TPSA) is 116 Å². The predicted molar refractivity (Wildman–Crippen MR) is 152 cm³/mol. The van der Waals surface area contributed by atoms with Crippen molar-refractivity contribution in [3.05, 3.63) is 94.2 Å². The van der Waals surface area contributed by atoms with E-state index < -0.39 is 23.4 Å². The molecule has 0 saturated carbocycles. The maximum absolute atomic E-state index is 14.8. The van der Waals surface area contributed by atoms with Crippen molar-refractivity contribution in [3.8, 4) is 6.07 Å². The summed E-state index contributed by atoms with van der Waals surface area (Å²) in [6.45, 7) is 2.68. The van der Waals surface area contributed by atoms with E-state index in [4.69, 9.17) is 15.0 Å². The van der Waals surface area contributed by atoms with Gasteiger partial charge in [0, 0.05) is 37.9 Å². The molecule has 0 amide bonds. The largest absolute Gasteiger partial charge is 0.478 e. The molecule has 2 aromatic heterocycles. The molecule has 0 radical (unpaired) electrons. The highest BCUT2D eigenvalue weighted by molar-refractivity contribution is 5.92. The Morgan fingerprint density at radius 3 is 2.63 bits per heavy atom. The Kier molecular flexibility index (Phi) is 7.84. The molecule has 220 valence electrons. The number of carboxylic acid groups (broad SMARTS) is 1. The van der Waals surface area contributed by atoms with Crippen molar-refractivity contribution in [1.29, 1.82) is 5.26 Å². The Labute approximate surface area is 244 Å². The summed E-state index contributed by atoms with van der Waals surface area (Å²) in [5.41, 5.74) is 2.66. The van der Waals surface area contributed by atoms with Crippen molar-refractivity contribution in [2.24, 2.45) is 0 Å². The van der Waals surface area contributed by atoms with Crippen LogP contribution in [-0.2, 0) is 24.4 Å². The van der Waals surface area contributed by atoms with Gasteiger partial charge in [-0.05, 0) is 48.7 Å². The summed E-state index contributed by atoms with van der Waals surface area (Å²) in [5, 5.41) is 21.1. The van der Waals surface area contributed by atoms with Crippen molar-refractivity contribution < 1.29 is 27.8 Å². The molecule has 2 aliphatic heterocycles. The average molecular weight is 589 g/mol. The Morgan fingerprint density at radius 2 is 1.95 bits per heavy atom. The van der Waals surface area contributed by atoms with Gasteiger partial charge < -0.3 is 19.7 Å². The fourth-order valence-electron chi connectivity index (χ4n) is 5.29. The molecule has 9 nitrogen and oxygen atoms in total. The highest BCUT2D eigenvalue weighted by Crippen LogP contribution is 2.28. The normalized spacial score (nSPS) is 16.9. The van der Waals surface area contributed by atoms with Crippen molar-refractivity contribution >= 4 is 28.4 Å². The van der Waals surface area contributed by atoms with Crippen LogP contribution in [-0.4, -0.2) is 56.3 Å². The summed E-state index contributed by atoms with van der Waals surface area (Å²) >= 11 is 0. The third kappa shape index (κ3) is 5.95. The Hall–Kier alpha value is -4.73. The number of rotatable bonds is 9. The summed E-state index contributed by atoms with van der Waals surface area (Å²) in [6.07, 6.45) is 3.26. The lowest BCUT2D eigenvalue weighted by molar-refractivity contribution is -0.0591. The van der Waals surface area contributed by atoms with Gasteiger partial charge in [-0.2, -0.15) is 5.26 Å². The van der Waals surface area contributed by atoms with Crippen LogP contribution in [0.4, 0.5) is 19.0 Å². The van der Waals surface area contributed by atoms with Gasteiger partial charge in [0.1, 0.15) is 17.3 Å². The van der Waals surface area contributed by atoms with Crippen LogP contribution in [0, 0.1) is 28.8 Å². The molecular weight excluding hydrogens is 561 g/mol. The molecule has 1 unspecified atom stereocenters. The van der Waals surface area contributed by atoms with Gasteiger partial charge in [-0.3, -0.25) is 4.90 Å². The first-order valence-corrected chi connectivity index (χ1v) is 13.8. The molecule has 0 bridgehead atoms. The third-order valence-electron chi connectivity index (χ3n) is 7.77. The first kappa shape index (κ1) is 28.4. The number of pyridine rings is 1. The summed E-state index contributed by atoms with van der Waals surface area (Å²) in [4.78, 5) is 22.7. The summed E-state index contributed by atoms with van der Waals surface area (Å²) in [5.74, 6) is -2.72. The minimum absolute atomic E-state index is 0.0272. The number of aromatic nitrogens is 3. The highest BCUT2D eigenvalue weighted by Gasteiger charge is 2.25. The third-order valence-corrected chi connectivity index (χ3v) is 7.77. The molecule has 1 fully saturated rings. The lowest BCUT2D eigenvalue weighted by Crippen LogP contribution is -2.33. The van der Waals surface area contributed by atoms with Gasteiger partial charge in [0.05, 0.1) is 47.4 Å². The molecule has 43 heavy (non-hydrogen) atoms. The second kappa shape index (κ2) is 11.9. The molecule has 2 aromatic carbocycles. The molecule has 1 atom stereocenters. The summed E-state index contributed by atoms with van der Waals surface area (Å²) < 4.78 is 51.3. The number of nitrogens with zero attached hydrogens (tertiary/aromatic N) is 5. The van der Waals surface area contributed by atoms with Crippen molar-refractivity contribution in [2.75, 3.05) is 25.0 Å². The lowest BCUT2D eigenvalue weighted by atomic mass is 10.0. The van der Waals surface area contributed by atoms with E-state index in [-0.39, 0.29) is 40.9 Å². The number of imidazole rings is 1. The zero-order valence-electron chi connectivity index (χ0n) is 23.0. The smallest absolute Gasteiger partial charge is 0.335 e. The Morgan fingerprint density at radius 1 is 1.12 bits per heavy atom. The molecule has 4 heterocycles. The fourth-order valence-corrected chi connectivity index (χ4v) is 5.29. The number of nitrogens with one attached hydrogen (secondary N) is 1. The van der Waals surface area contributed by atoms with E-state index in [0.29, 0.717) is 50.3 Å². The molecule has 12 heteroatoms. The van der Waals surface area contributed by atoms with E-state index in [2.05, 4.69) is 15.2 Å². The predicted octanol–water partition coefficient (Wildman–Crippen LogP) is 5.11. The number of halogens is 3. The second-order valence-corrected chi connectivity index (χ2v) is 10.6. The van der Waals surface area contributed by atoms with Crippen LogP contribution in [0.2, 0.25) is 0 Å². The monoisotopic (exact) mass is 588 g/mol. The zero-order valence-corrected chi connectivity index (χ0v) is 23.0. The standard InChI is InChI=1S/C31H27F3N6O3/c32-23-11-18(14-35)1-2-21(23)15-36-30-25(34)13-24(33)29(38-30)19-5-8-39(9-6-19)17-28-37-26-4-3-20(31(41)42)12-27(26)40(28)16-22-7-10-43-22/h1-5,11-13,22H,6-10,15-17H2,(H,36,38)(H,41,42). The number of carboxylic acids is 1. The number of fused-ring (bicyclic) bond motifs is 1. The maximum atomic E-state index is 14.8. The van der Waals surface area contributed by atoms with E-state index >= 15 is 0 Å². The van der Waals surface area contributed by atoms with Gasteiger partial charge >= 0.3 is 5.97 Å². The van der Waals surface area contributed by atoms with E-state index in [0.717, 1.165) is 29.9 Å². The van der Waals surface area contributed by atoms with Crippen LogP contribution >= 0.6 is 0 Å². The molecule has 2 aliphatic rings. The minimum Gasteiger partial charge on any atom is -0.478 e. The van der Waals surface area contributed by atoms with Crippen molar-refractivity contribution in [2.45, 2.75) is 38.6 Å². The minimum atomic E-state index is -1.01. The molecule has 4 aromatic rings. The number of benzene rings is 2. The van der Waals surface area contributed by atoms with Crippen LogP contribution in [0.1, 0.15) is 45.8 Å². The van der Waals surface area contributed by atoms with E-state index in [1.165, 1.54) is 18.2 Å². The van der Waals surface area contributed by atoms with Crippen LogP contribution in [0.15, 0.2) is 48.5 Å². The van der Waals surface area contributed by atoms with E-state index in [1.54, 1.807) is 12.1 Å². The first-order valence-electron chi connectivity index (χ1n) is 13.8. The van der Waals surface area contributed by atoms with E-state index in [9.17, 15) is 23.1 Å². The van der Waals surface area contributed by atoms with Gasteiger partial charge in [-0.25, -0.2) is 27.9 Å². The summed E-state index contributed by atoms with van der Waals surface area (Å²) in [7, 11) is 0. The molecule has 0 spiro atoms. The second-order valence-electron chi connectivity index (χ2n) is 10.6. The van der Waals surface area contributed by atoms with Crippen molar-refractivity contribution in [3.63, 3.8) is 0 Å². The van der Waals surface area contributed by atoms with Crippen LogP contribution in [0.3, 0.4) is 0 Å². The number of hydrogen-bond acceptors (Lipinski definition) is 7. The molecule has 0 aliphatic carbocycles. The number of anilines is 1. The van der Waals surface area contributed by atoms with Gasteiger partial charge in [-0.1, -0.05) is 12.1 Å². The first-order chi connectivity index (χ1) is 20.8. The molecule has 1 saturated heterocycles. The van der Waals surface area contributed by atoms with Crippen LogP contribution in [0.5, 0.6) is 0 Å². The average Bonchev–Trinajstić information content (AvgIpc) is 3.31. The lowest BCUT2D eigenvalue weighted by Gasteiger charge is -2.29.